The molecule has 0 aliphatic carbocycles. The molecule has 2 nitrogen and oxygen atoms in total. The number of hydrogen-bond acceptors (Lipinski definition) is 2. The lowest BCUT2D eigenvalue weighted by molar-refractivity contribution is 0.338. The molecular weight excluding hydrogens is 212 g/mol. The van der Waals surface area contributed by atoms with E-state index in [0.29, 0.717) is 13.2 Å². The van der Waals surface area contributed by atoms with E-state index in [0.717, 1.165) is 17.1 Å². The zero-order valence-electron chi connectivity index (χ0n) is 10.6. The Morgan fingerprint density at radius 3 is 2.35 bits per heavy atom. The Morgan fingerprint density at radius 2 is 1.65 bits per heavy atom. The van der Waals surface area contributed by atoms with Crippen molar-refractivity contribution in [2.75, 3.05) is 13.2 Å². The van der Waals surface area contributed by atoms with Crippen LogP contribution < -0.4 is 9.47 Å². The molecule has 0 atom stereocenters. The fourth-order valence-corrected chi connectivity index (χ4v) is 1.94. The second-order valence-corrected chi connectivity index (χ2v) is 3.99. The van der Waals surface area contributed by atoms with Gasteiger partial charge in [0.25, 0.3) is 0 Å². The molecule has 0 saturated heterocycles. The molecule has 17 heavy (non-hydrogen) atoms. The number of ether oxygens (including phenoxy) is 2. The zero-order chi connectivity index (χ0) is 12.3. The molecule has 2 aromatic carbocycles. The standard InChI is InChI=1S/C15H18O2/c1-4-16-14-7-6-12-10-15(17-5-2)11(3)8-13(12)9-14/h6-10H,4-5H2,1-3H3. The lowest BCUT2D eigenvalue weighted by Gasteiger charge is -2.10. The molecule has 0 radical (unpaired) electrons. The van der Waals surface area contributed by atoms with Crippen LogP contribution in [0.25, 0.3) is 10.8 Å². The van der Waals surface area contributed by atoms with Crippen LogP contribution in [0.15, 0.2) is 30.3 Å². The average molecular weight is 230 g/mol. The minimum atomic E-state index is 0.696. The molecule has 0 spiro atoms. The van der Waals surface area contributed by atoms with Crippen LogP contribution >= 0.6 is 0 Å². The van der Waals surface area contributed by atoms with E-state index in [4.69, 9.17) is 9.47 Å². The molecule has 0 N–H and O–H groups in total. The van der Waals surface area contributed by atoms with Gasteiger partial charge in [0.1, 0.15) is 11.5 Å². The maximum Gasteiger partial charge on any atom is 0.122 e. The van der Waals surface area contributed by atoms with Gasteiger partial charge in [0.2, 0.25) is 0 Å². The van der Waals surface area contributed by atoms with E-state index in [-0.39, 0.29) is 0 Å². The molecule has 2 aromatic rings. The number of rotatable bonds is 4. The molecule has 0 fully saturated rings. The van der Waals surface area contributed by atoms with E-state index in [1.165, 1.54) is 10.8 Å². The first kappa shape index (κ1) is 11.8. The molecule has 0 bridgehead atoms. The monoisotopic (exact) mass is 230 g/mol. The van der Waals surface area contributed by atoms with Crippen LogP contribution in [-0.4, -0.2) is 13.2 Å². The van der Waals surface area contributed by atoms with Crippen molar-refractivity contribution >= 4 is 10.8 Å². The first-order chi connectivity index (χ1) is 8.24. The third-order valence-electron chi connectivity index (χ3n) is 2.72. The van der Waals surface area contributed by atoms with Crippen LogP contribution in [0.3, 0.4) is 0 Å². The molecule has 0 saturated carbocycles. The first-order valence-corrected chi connectivity index (χ1v) is 6.04. The second-order valence-electron chi connectivity index (χ2n) is 3.99. The van der Waals surface area contributed by atoms with Gasteiger partial charge in [-0.2, -0.15) is 0 Å². The number of benzene rings is 2. The van der Waals surface area contributed by atoms with Crippen LogP contribution in [0, 0.1) is 6.92 Å². The molecular formula is C15H18O2. The van der Waals surface area contributed by atoms with Gasteiger partial charge >= 0.3 is 0 Å². The molecule has 2 rings (SSSR count). The van der Waals surface area contributed by atoms with Crippen molar-refractivity contribution in [2.45, 2.75) is 20.8 Å². The Bertz CT molecular complexity index is 518. The van der Waals surface area contributed by atoms with Crippen LogP contribution in [0.5, 0.6) is 11.5 Å². The van der Waals surface area contributed by atoms with Crippen LogP contribution in [0.1, 0.15) is 19.4 Å². The summed E-state index contributed by atoms with van der Waals surface area (Å²) in [5, 5.41) is 2.37. The lowest BCUT2D eigenvalue weighted by atomic mass is 10.1. The minimum Gasteiger partial charge on any atom is -0.494 e. The lowest BCUT2D eigenvalue weighted by Crippen LogP contribution is -1.94. The Hall–Kier alpha value is -1.70. The summed E-state index contributed by atoms with van der Waals surface area (Å²) in [4.78, 5) is 0. The number of fused-ring (bicyclic) bond motifs is 1. The van der Waals surface area contributed by atoms with Gasteiger partial charge in [0.15, 0.2) is 0 Å². The Balaban J connectivity index is 2.46. The van der Waals surface area contributed by atoms with Crippen molar-refractivity contribution < 1.29 is 9.47 Å². The quantitative estimate of drug-likeness (QED) is 0.792. The zero-order valence-corrected chi connectivity index (χ0v) is 10.6. The van der Waals surface area contributed by atoms with E-state index in [1.54, 1.807) is 0 Å². The predicted octanol–water partition coefficient (Wildman–Crippen LogP) is 3.95. The van der Waals surface area contributed by atoms with Crippen molar-refractivity contribution in [3.05, 3.63) is 35.9 Å². The smallest absolute Gasteiger partial charge is 0.122 e. The minimum absolute atomic E-state index is 0.696. The van der Waals surface area contributed by atoms with Crippen molar-refractivity contribution in [3.8, 4) is 11.5 Å². The van der Waals surface area contributed by atoms with Gasteiger partial charge in [-0.05, 0) is 61.4 Å². The highest BCUT2D eigenvalue weighted by Crippen LogP contribution is 2.28. The second kappa shape index (κ2) is 5.09. The van der Waals surface area contributed by atoms with Crippen LogP contribution in [-0.2, 0) is 0 Å². The largest absolute Gasteiger partial charge is 0.494 e. The summed E-state index contributed by atoms with van der Waals surface area (Å²) in [5.74, 6) is 1.88. The highest BCUT2D eigenvalue weighted by molar-refractivity contribution is 5.86. The number of aryl methyl sites for hydroxylation is 1. The molecule has 0 unspecified atom stereocenters. The van der Waals surface area contributed by atoms with E-state index >= 15 is 0 Å². The molecule has 90 valence electrons. The molecule has 0 aromatic heterocycles. The molecule has 0 heterocycles. The van der Waals surface area contributed by atoms with Gasteiger partial charge in [0, 0.05) is 0 Å². The summed E-state index contributed by atoms with van der Waals surface area (Å²) < 4.78 is 11.1. The Kier molecular flexibility index (Phi) is 3.52. The Labute approximate surface area is 102 Å². The fourth-order valence-electron chi connectivity index (χ4n) is 1.94. The van der Waals surface area contributed by atoms with Crippen molar-refractivity contribution in [2.24, 2.45) is 0 Å². The average Bonchev–Trinajstić information content (AvgIpc) is 2.31. The summed E-state index contributed by atoms with van der Waals surface area (Å²) in [5.41, 5.74) is 1.16. The SMILES string of the molecule is CCOc1ccc2cc(OCC)c(C)cc2c1. The third-order valence-corrected chi connectivity index (χ3v) is 2.72. The predicted molar refractivity (Wildman–Crippen MR) is 71.0 cm³/mol. The maximum atomic E-state index is 5.59. The molecule has 0 amide bonds. The topological polar surface area (TPSA) is 18.5 Å². The summed E-state index contributed by atoms with van der Waals surface area (Å²) in [6.07, 6.45) is 0. The highest BCUT2D eigenvalue weighted by atomic mass is 16.5. The maximum absolute atomic E-state index is 5.59. The summed E-state index contributed by atoms with van der Waals surface area (Å²) in [6.45, 7) is 7.46. The van der Waals surface area contributed by atoms with E-state index in [9.17, 15) is 0 Å². The van der Waals surface area contributed by atoms with Crippen LogP contribution in [0.4, 0.5) is 0 Å². The van der Waals surface area contributed by atoms with Gasteiger partial charge in [-0.15, -0.1) is 0 Å². The Morgan fingerprint density at radius 1 is 0.882 bits per heavy atom. The third kappa shape index (κ3) is 2.52. The molecule has 0 aliphatic heterocycles. The van der Waals surface area contributed by atoms with E-state index in [1.807, 2.05) is 19.9 Å². The summed E-state index contributed by atoms with van der Waals surface area (Å²) in [6, 6.07) is 10.4. The van der Waals surface area contributed by atoms with E-state index in [2.05, 4.69) is 31.2 Å². The van der Waals surface area contributed by atoms with Crippen molar-refractivity contribution in [3.63, 3.8) is 0 Å². The highest BCUT2D eigenvalue weighted by Gasteiger charge is 2.03. The van der Waals surface area contributed by atoms with Crippen molar-refractivity contribution in [1.29, 1.82) is 0 Å². The normalized spacial score (nSPS) is 10.5. The van der Waals surface area contributed by atoms with Gasteiger partial charge in [0.05, 0.1) is 13.2 Å². The molecule has 0 aliphatic rings. The van der Waals surface area contributed by atoms with Crippen LogP contribution in [0.2, 0.25) is 0 Å². The number of hydrogen-bond donors (Lipinski definition) is 0. The summed E-state index contributed by atoms with van der Waals surface area (Å²) >= 11 is 0. The molecule has 2 heteroatoms. The van der Waals surface area contributed by atoms with Gasteiger partial charge < -0.3 is 9.47 Å². The van der Waals surface area contributed by atoms with Gasteiger partial charge in [-0.1, -0.05) is 6.07 Å². The van der Waals surface area contributed by atoms with Gasteiger partial charge in [-0.25, -0.2) is 0 Å². The first-order valence-electron chi connectivity index (χ1n) is 6.04. The summed E-state index contributed by atoms with van der Waals surface area (Å²) in [7, 11) is 0. The fraction of sp³-hybridized carbons (Fsp3) is 0.333. The van der Waals surface area contributed by atoms with E-state index < -0.39 is 0 Å². The van der Waals surface area contributed by atoms with Crippen molar-refractivity contribution in [1.82, 2.24) is 0 Å². The van der Waals surface area contributed by atoms with Gasteiger partial charge in [-0.3, -0.25) is 0 Å².